The first-order chi connectivity index (χ1) is 17.1. The summed E-state index contributed by atoms with van der Waals surface area (Å²) >= 11 is 3.43. The number of carbonyl (C=O) groups excluding carboxylic acids is 1. The molecule has 4 aromatic rings. The van der Waals surface area contributed by atoms with Crippen molar-refractivity contribution < 1.29 is 18.7 Å². The van der Waals surface area contributed by atoms with Gasteiger partial charge in [-0.3, -0.25) is 9.59 Å². The predicted molar refractivity (Wildman–Crippen MR) is 137 cm³/mol. The summed E-state index contributed by atoms with van der Waals surface area (Å²) in [5.74, 6) is 0.534. The Bertz CT molecular complexity index is 1420. The van der Waals surface area contributed by atoms with Crippen molar-refractivity contribution in [2.24, 2.45) is 0 Å². The molecule has 0 spiro atoms. The highest BCUT2D eigenvalue weighted by Gasteiger charge is 2.42. The van der Waals surface area contributed by atoms with E-state index in [-0.39, 0.29) is 17.1 Å². The number of carbonyl (C=O) groups is 1. The molecule has 2 heterocycles. The quantitative estimate of drug-likeness (QED) is 0.271. The van der Waals surface area contributed by atoms with Gasteiger partial charge >= 0.3 is 0 Å². The maximum atomic E-state index is 13.6. The van der Waals surface area contributed by atoms with Crippen LogP contribution in [0.25, 0.3) is 11.0 Å². The lowest BCUT2D eigenvalue weighted by Crippen LogP contribution is -2.31. The normalized spacial score (nSPS) is 15.0. The van der Waals surface area contributed by atoms with E-state index in [9.17, 15) is 9.59 Å². The Balaban J connectivity index is 1.51. The zero-order valence-electron chi connectivity index (χ0n) is 19.2. The molecule has 3 aromatic carbocycles. The number of methoxy groups -OCH3 is 1. The lowest BCUT2D eigenvalue weighted by molar-refractivity contribution is 0.0708. The van der Waals surface area contributed by atoms with Crippen LogP contribution in [0.3, 0.4) is 0 Å². The molecule has 0 radical (unpaired) electrons. The summed E-state index contributed by atoms with van der Waals surface area (Å²) in [6, 6.07) is 22.2. The Labute approximate surface area is 211 Å². The lowest BCUT2D eigenvalue weighted by atomic mass is 9.98. The number of hydrogen-bond acceptors (Lipinski definition) is 5. The fourth-order valence-corrected chi connectivity index (χ4v) is 4.80. The van der Waals surface area contributed by atoms with Gasteiger partial charge in [-0.15, -0.1) is 0 Å². The monoisotopic (exact) mass is 533 g/mol. The molecule has 0 saturated carbocycles. The van der Waals surface area contributed by atoms with Gasteiger partial charge in [0.25, 0.3) is 5.91 Å². The molecule has 5 rings (SSSR count). The summed E-state index contributed by atoms with van der Waals surface area (Å²) in [7, 11) is 1.63. The van der Waals surface area contributed by atoms with Crippen molar-refractivity contribution in [1.82, 2.24) is 4.90 Å². The lowest BCUT2D eigenvalue weighted by Gasteiger charge is -2.25. The summed E-state index contributed by atoms with van der Waals surface area (Å²) < 4.78 is 17.9. The highest BCUT2D eigenvalue weighted by atomic mass is 79.9. The van der Waals surface area contributed by atoms with Crippen molar-refractivity contribution in [2.45, 2.75) is 19.1 Å². The Morgan fingerprint density at radius 1 is 1.00 bits per heavy atom. The van der Waals surface area contributed by atoms with Crippen LogP contribution in [-0.4, -0.2) is 31.1 Å². The Kier molecular flexibility index (Phi) is 6.70. The minimum Gasteiger partial charge on any atom is -0.489 e. The van der Waals surface area contributed by atoms with Crippen molar-refractivity contribution in [2.75, 3.05) is 20.3 Å². The van der Waals surface area contributed by atoms with Crippen molar-refractivity contribution in [3.63, 3.8) is 0 Å². The van der Waals surface area contributed by atoms with Crippen molar-refractivity contribution in [3.8, 4) is 5.75 Å². The maximum absolute atomic E-state index is 13.6. The molecule has 1 unspecified atom stereocenters. The standard InChI is InChI=1S/C28H24BrNO5/c1-33-15-5-14-30-25(19-8-11-21(12-9-19)34-17-18-6-3-2-4-7-18)24-26(31)22-16-20(29)10-13-23(22)35-27(24)28(30)32/h2-4,6-13,16,25H,5,14-15,17H2,1H3. The zero-order valence-corrected chi connectivity index (χ0v) is 20.8. The SMILES string of the molecule is COCCCN1C(=O)c2oc3ccc(Br)cc3c(=O)c2C1c1ccc(OCc2ccccc2)cc1. The predicted octanol–water partition coefficient (Wildman–Crippen LogP) is 5.72. The summed E-state index contributed by atoms with van der Waals surface area (Å²) in [5, 5.41) is 0.442. The van der Waals surface area contributed by atoms with E-state index in [4.69, 9.17) is 13.9 Å². The molecule has 0 aliphatic carbocycles. The minimum absolute atomic E-state index is 0.108. The van der Waals surface area contributed by atoms with Gasteiger partial charge in [-0.1, -0.05) is 58.4 Å². The average molecular weight is 534 g/mol. The molecule has 1 atom stereocenters. The van der Waals surface area contributed by atoms with Crippen LogP contribution in [0, 0.1) is 0 Å². The molecule has 0 fully saturated rings. The van der Waals surface area contributed by atoms with Gasteiger partial charge < -0.3 is 18.8 Å². The van der Waals surface area contributed by atoms with Crippen LogP contribution >= 0.6 is 15.9 Å². The third-order valence-electron chi connectivity index (χ3n) is 6.12. The number of nitrogens with zero attached hydrogens (tertiary/aromatic N) is 1. The van der Waals surface area contributed by atoms with Gasteiger partial charge in [0, 0.05) is 24.7 Å². The second-order valence-corrected chi connectivity index (χ2v) is 9.32. The van der Waals surface area contributed by atoms with Gasteiger partial charge in [0.05, 0.1) is 17.0 Å². The molecule has 1 aliphatic rings. The number of amides is 1. The van der Waals surface area contributed by atoms with Crippen LogP contribution in [0.1, 0.15) is 39.7 Å². The third-order valence-corrected chi connectivity index (χ3v) is 6.61. The average Bonchev–Trinajstić information content (AvgIpc) is 3.16. The van der Waals surface area contributed by atoms with Gasteiger partial charge in [-0.2, -0.15) is 0 Å². The molecule has 6 nitrogen and oxygen atoms in total. The molecule has 1 aromatic heterocycles. The zero-order chi connectivity index (χ0) is 24.4. The minimum atomic E-state index is -0.544. The van der Waals surface area contributed by atoms with Gasteiger partial charge in [-0.25, -0.2) is 0 Å². The summed E-state index contributed by atoms with van der Waals surface area (Å²) in [6.07, 6.45) is 0.643. The molecule has 7 heteroatoms. The van der Waals surface area contributed by atoms with Gasteiger partial charge in [0.15, 0.2) is 5.43 Å². The highest BCUT2D eigenvalue weighted by molar-refractivity contribution is 9.10. The number of benzene rings is 3. The van der Waals surface area contributed by atoms with Crippen LogP contribution in [0.5, 0.6) is 5.75 Å². The molecule has 1 aliphatic heterocycles. The third kappa shape index (κ3) is 4.61. The van der Waals surface area contributed by atoms with E-state index in [1.54, 1.807) is 30.2 Å². The van der Waals surface area contributed by atoms with E-state index in [1.807, 2.05) is 54.6 Å². The molecular formula is C28H24BrNO5. The van der Waals surface area contributed by atoms with Gasteiger partial charge in [0.2, 0.25) is 5.76 Å². The fraction of sp³-hybridized carbons (Fsp3) is 0.214. The number of fused-ring (bicyclic) bond motifs is 2. The fourth-order valence-electron chi connectivity index (χ4n) is 4.44. The second kappa shape index (κ2) is 10.1. The molecule has 35 heavy (non-hydrogen) atoms. The van der Waals surface area contributed by atoms with Crippen LogP contribution in [0.4, 0.5) is 0 Å². The van der Waals surface area contributed by atoms with Crippen LogP contribution in [0.15, 0.2) is 86.5 Å². The Hall–Kier alpha value is -3.42. The molecule has 1 amide bonds. The number of halogens is 1. The number of hydrogen-bond donors (Lipinski definition) is 0. The molecule has 0 bridgehead atoms. The number of rotatable bonds is 8. The Morgan fingerprint density at radius 2 is 1.77 bits per heavy atom. The first kappa shape index (κ1) is 23.3. The second-order valence-electron chi connectivity index (χ2n) is 8.41. The van der Waals surface area contributed by atoms with Crippen molar-refractivity contribution >= 4 is 32.8 Å². The topological polar surface area (TPSA) is 69.0 Å². The van der Waals surface area contributed by atoms with E-state index in [2.05, 4.69) is 15.9 Å². The van der Waals surface area contributed by atoms with E-state index in [1.165, 1.54) is 0 Å². The van der Waals surface area contributed by atoms with E-state index >= 15 is 0 Å². The Morgan fingerprint density at radius 3 is 2.51 bits per heavy atom. The van der Waals surface area contributed by atoms with Gasteiger partial charge in [-0.05, 0) is 47.9 Å². The van der Waals surface area contributed by atoms with E-state index in [0.29, 0.717) is 48.5 Å². The van der Waals surface area contributed by atoms with Crippen molar-refractivity contribution in [1.29, 1.82) is 0 Å². The number of ether oxygens (including phenoxy) is 2. The van der Waals surface area contributed by atoms with Crippen LogP contribution in [0.2, 0.25) is 0 Å². The molecule has 178 valence electrons. The molecule has 0 N–H and O–H groups in total. The van der Waals surface area contributed by atoms with Crippen molar-refractivity contribution in [3.05, 3.63) is 110 Å². The van der Waals surface area contributed by atoms with Crippen LogP contribution < -0.4 is 10.2 Å². The first-order valence-corrected chi connectivity index (χ1v) is 12.2. The molecule has 0 saturated heterocycles. The van der Waals surface area contributed by atoms with Crippen LogP contribution in [-0.2, 0) is 11.3 Å². The van der Waals surface area contributed by atoms with E-state index < -0.39 is 6.04 Å². The maximum Gasteiger partial charge on any atom is 0.290 e. The largest absolute Gasteiger partial charge is 0.489 e. The summed E-state index contributed by atoms with van der Waals surface area (Å²) in [4.78, 5) is 28.7. The summed E-state index contributed by atoms with van der Waals surface area (Å²) in [5.41, 5.74) is 2.47. The first-order valence-electron chi connectivity index (χ1n) is 11.4. The summed E-state index contributed by atoms with van der Waals surface area (Å²) in [6.45, 7) is 1.40. The van der Waals surface area contributed by atoms with Gasteiger partial charge in [0.1, 0.15) is 17.9 Å². The van der Waals surface area contributed by atoms with E-state index in [0.717, 1.165) is 15.6 Å². The highest BCUT2D eigenvalue weighted by Crippen LogP contribution is 2.39. The molecular weight excluding hydrogens is 510 g/mol. The smallest absolute Gasteiger partial charge is 0.290 e.